The molecule has 0 bridgehead atoms. The number of likely N-dealkylation sites (N-methyl/N-ethyl adjacent to an activating group) is 1. The van der Waals surface area contributed by atoms with Crippen LogP contribution < -0.4 is 10.1 Å². The molecule has 0 fully saturated rings. The molecule has 0 heterocycles. The maximum Gasteiger partial charge on any atom is 0.119 e. The lowest BCUT2D eigenvalue weighted by Gasteiger charge is -2.36. The minimum Gasteiger partial charge on any atom is -0.494 e. The summed E-state index contributed by atoms with van der Waals surface area (Å²) >= 11 is 0. The van der Waals surface area contributed by atoms with Gasteiger partial charge in [0.1, 0.15) is 5.75 Å². The summed E-state index contributed by atoms with van der Waals surface area (Å²) in [6.07, 6.45) is 0.953. The summed E-state index contributed by atoms with van der Waals surface area (Å²) in [5.41, 5.74) is 1.03. The van der Waals surface area contributed by atoms with E-state index in [2.05, 4.69) is 38.2 Å². The average Bonchev–Trinajstić information content (AvgIpc) is 2.45. The van der Waals surface area contributed by atoms with Crippen LogP contribution in [0.5, 0.6) is 5.75 Å². The average molecular weight is 265 g/mol. The molecule has 0 aliphatic heterocycles. The van der Waals surface area contributed by atoms with E-state index < -0.39 is 0 Å². The molecule has 1 aromatic rings. The number of benzene rings is 1. The van der Waals surface area contributed by atoms with Gasteiger partial charge >= 0.3 is 0 Å². The topological polar surface area (TPSA) is 30.5 Å². The molecule has 0 aromatic heterocycles. The first-order valence-corrected chi connectivity index (χ1v) is 7.12. The predicted octanol–water partition coefficient (Wildman–Crippen LogP) is 3.55. The number of methoxy groups -OCH3 is 1. The van der Waals surface area contributed by atoms with Gasteiger partial charge in [-0.15, -0.1) is 0 Å². The summed E-state index contributed by atoms with van der Waals surface area (Å²) in [5.74, 6) is 0.914. The van der Waals surface area contributed by atoms with Crippen molar-refractivity contribution in [3.05, 3.63) is 29.8 Å². The fourth-order valence-corrected chi connectivity index (χ4v) is 2.28. The molecule has 0 saturated carbocycles. The number of hydrogen-bond acceptors (Lipinski definition) is 3. The van der Waals surface area contributed by atoms with Crippen molar-refractivity contribution in [2.24, 2.45) is 0 Å². The van der Waals surface area contributed by atoms with Crippen LogP contribution in [0.1, 0.15) is 45.7 Å². The second kappa shape index (κ2) is 7.51. The standard InChI is InChI=1S/C16H27NO2/c1-6-16(4,18-5)15(17-7-2)13-9-11-14(12-10-13)19-8-3/h9-12,15,17H,6-8H2,1-5H3. The van der Waals surface area contributed by atoms with Gasteiger partial charge in [-0.25, -0.2) is 0 Å². The van der Waals surface area contributed by atoms with E-state index in [0.717, 1.165) is 18.7 Å². The normalized spacial score (nSPS) is 15.8. The van der Waals surface area contributed by atoms with Crippen molar-refractivity contribution in [3.63, 3.8) is 0 Å². The van der Waals surface area contributed by atoms with E-state index in [1.807, 2.05) is 19.1 Å². The second-order valence-corrected chi connectivity index (χ2v) is 4.86. The summed E-state index contributed by atoms with van der Waals surface area (Å²) in [5, 5.41) is 3.53. The van der Waals surface area contributed by atoms with Crippen molar-refractivity contribution >= 4 is 0 Å². The lowest BCUT2D eigenvalue weighted by atomic mass is 9.87. The van der Waals surface area contributed by atoms with Gasteiger partial charge in [0.15, 0.2) is 0 Å². The van der Waals surface area contributed by atoms with Crippen molar-refractivity contribution in [1.29, 1.82) is 0 Å². The SMILES string of the molecule is CCNC(c1ccc(OCC)cc1)C(C)(CC)OC. The van der Waals surface area contributed by atoms with Gasteiger partial charge in [-0.2, -0.15) is 0 Å². The highest BCUT2D eigenvalue weighted by atomic mass is 16.5. The molecule has 0 saturated heterocycles. The van der Waals surface area contributed by atoms with E-state index in [1.165, 1.54) is 5.56 Å². The minimum absolute atomic E-state index is 0.183. The zero-order valence-corrected chi connectivity index (χ0v) is 12.8. The molecule has 3 heteroatoms. The summed E-state index contributed by atoms with van der Waals surface area (Å²) in [6, 6.07) is 8.46. The summed E-state index contributed by atoms with van der Waals surface area (Å²) in [4.78, 5) is 0. The van der Waals surface area contributed by atoms with Crippen LogP contribution in [0.15, 0.2) is 24.3 Å². The number of nitrogens with one attached hydrogen (secondary N) is 1. The highest BCUT2D eigenvalue weighted by molar-refractivity contribution is 5.30. The van der Waals surface area contributed by atoms with E-state index in [1.54, 1.807) is 7.11 Å². The van der Waals surface area contributed by atoms with Crippen LogP contribution in [0.2, 0.25) is 0 Å². The molecule has 0 aliphatic carbocycles. The van der Waals surface area contributed by atoms with Crippen LogP contribution in [-0.4, -0.2) is 25.9 Å². The third-order valence-electron chi connectivity index (χ3n) is 3.71. The molecule has 108 valence electrons. The lowest BCUT2D eigenvalue weighted by Crippen LogP contribution is -2.42. The Morgan fingerprint density at radius 2 is 1.79 bits per heavy atom. The molecule has 2 atom stereocenters. The highest BCUT2D eigenvalue weighted by Crippen LogP contribution is 2.32. The minimum atomic E-state index is -0.205. The molecule has 0 amide bonds. The Kier molecular flexibility index (Phi) is 6.32. The zero-order valence-electron chi connectivity index (χ0n) is 12.8. The molecule has 19 heavy (non-hydrogen) atoms. The Morgan fingerprint density at radius 3 is 2.21 bits per heavy atom. The maximum absolute atomic E-state index is 5.74. The Labute approximate surface area is 117 Å². The van der Waals surface area contributed by atoms with Crippen LogP contribution in [0, 0.1) is 0 Å². The van der Waals surface area contributed by atoms with E-state index >= 15 is 0 Å². The Morgan fingerprint density at radius 1 is 1.16 bits per heavy atom. The van der Waals surface area contributed by atoms with Gasteiger partial charge in [0, 0.05) is 7.11 Å². The fourth-order valence-electron chi connectivity index (χ4n) is 2.28. The number of ether oxygens (including phenoxy) is 2. The van der Waals surface area contributed by atoms with Crippen molar-refractivity contribution in [1.82, 2.24) is 5.32 Å². The molecule has 2 unspecified atom stereocenters. The smallest absolute Gasteiger partial charge is 0.119 e. The molecule has 1 N–H and O–H groups in total. The first-order valence-electron chi connectivity index (χ1n) is 7.12. The summed E-state index contributed by atoms with van der Waals surface area (Å²) in [6.45, 7) is 10.0. The Bertz CT molecular complexity index is 358. The maximum atomic E-state index is 5.74. The molecule has 1 rings (SSSR count). The molecule has 0 spiro atoms. The number of hydrogen-bond donors (Lipinski definition) is 1. The molecule has 3 nitrogen and oxygen atoms in total. The van der Waals surface area contributed by atoms with Crippen LogP contribution in [0.3, 0.4) is 0 Å². The van der Waals surface area contributed by atoms with Gasteiger partial charge < -0.3 is 14.8 Å². The monoisotopic (exact) mass is 265 g/mol. The fraction of sp³-hybridized carbons (Fsp3) is 0.625. The van der Waals surface area contributed by atoms with Crippen LogP contribution >= 0.6 is 0 Å². The van der Waals surface area contributed by atoms with Gasteiger partial charge in [0.2, 0.25) is 0 Å². The molecular formula is C16H27NO2. The van der Waals surface area contributed by atoms with Crippen LogP contribution in [-0.2, 0) is 4.74 Å². The lowest BCUT2D eigenvalue weighted by molar-refractivity contribution is -0.0296. The van der Waals surface area contributed by atoms with E-state index in [-0.39, 0.29) is 11.6 Å². The Hall–Kier alpha value is -1.06. The van der Waals surface area contributed by atoms with Crippen molar-refractivity contribution in [2.75, 3.05) is 20.3 Å². The first kappa shape index (κ1) is 16.0. The van der Waals surface area contributed by atoms with Gasteiger partial charge in [0.25, 0.3) is 0 Å². The van der Waals surface area contributed by atoms with Gasteiger partial charge in [0.05, 0.1) is 18.2 Å². The van der Waals surface area contributed by atoms with Crippen molar-refractivity contribution in [2.45, 2.75) is 45.8 Å². The molecule has 1 aromatic carbocycles. The second-order valence-electron chi connectivity index (χ2n) is 4.86. The van der Waals surface area contributed by atoms with E-state index in [9.17, 15) is 0 Å². The molecule has 0 radical (unpaired) electrons. The predicted molar refractivity (Wildman–Crippen MR) is 79.7 cm³/mol. The van der Waals surface area contributed by atoms with Crippen molar-refractivity contribution < 1.29 is 9.47 Å². The van der Waals surface area contributed by atoms with Crippen LogP contribution in [0.4, 0.5) is 0 Å². The zero-order chi connectivity index (χ0) is 14.3. The Balaban J connectivity index is 2.98. The van der Waals surface area contributed by atoms with Gasteiger partial charge in [-0.05, 0) is 44.5 Å². The molecular weight excluding hydrogens is 238 g/mol. The number of rotatable bonds is 8. The quantitative estimate of drug-likeness (QED) is 0.779. The van der Waals surface area contributed by atoms with Crippen molar-refractivity contribution in [3.8, 4) is 5.75 Å². The van der Waals surface area contributed by atoms with Crippen LogP contribution in [0.25, 0.3) is 0 Å². The van der Waals surface area contributed by atoms with Gasteiger partial charge in [-0.3, -0.25) is 0 Å². The molecule has 0 aliphatic rings. The third-order valence-corrected chi connectivity index (χ3v) is 3.71. The first-order chi connectivity index (χ1) is 9.11. The largest absolute Gasteiger partial charge is 0.494 e. The highest BCUT2D eigenvalue weighted by Gasteiger charge is 2.33. The summed E-state index contributed by atoms with van der Waals surface area (Å²) in [7, 11) is 1.78. The summed E-state index contributed by atoms with van der Waals surface area (Å²) < 4.78 is 11.2. The van der Waals surface area contributed by atoms with E-state index in [0.29, 0.717) is 6.61 Å². The third kappa shape index (κ3) is 3.95. The van der Waals surface area contributed by atoms with Gasteiger partial charge in [-0.1, -0.05) is 26.0 Å². The van der Waals surface area contributed by atoms with E-state index in [4.69, 9.17) is 9.47 Å².